The van der Waals surface area contributed by atoms with Crippen molar-refractivity contribution in [1.82, 2.24) is 0 Å². The highest BCUT2D eigenvalue weighted by Crippen LogP contribution is 2.49. The Labute approximate surface area is 140 Å². The fraction of sp³-hybridized carbons (Fsp3) is 0.333. The molecule has 6 heteroatoms. The molecule has 1 aliphatic heterocycles. The Kier molecular flexibility index (Phi) is 3.91. The molecule has 0 fully saturated rings. The van der Waals surface area contributed by atoms with Crippen LogP contribution >= 0.6 is 0 Å². The molecule has 2 aromatic carbocycles. The normalized spacial score (nSPS) is 23.5. The van der Waals surface area contributed by atoms with Crippen LogP contribution in [0, 0.1) is 18.6 Å². The van der Waals surface area contributed by atoms with E-state index in [4.69, 9.17) is 4.74 Å². The lowest BCUT2D eigenvalue weighted by Crippen LogP contribution is -2.42. The molecule has 24 heavy (non-hydrogen) atoms. The largest absolute Gasteiger partial charge is 0.487 e. The highest BCUT2D eigenvalue weighted by atomic mass is 32.2. The van der Waals surface area contributed by atoms with Crippen molar-refractivity contribution in [2.24, 2.45) is 0 Å². The molecule has 3 nitrogen and oxygen atoms in total. The Hall–Kier alpha value is -1.95. The van der Waals surface area contributed by atoms with Gasteiger partial charge in [-0.2, -0.15) is 0 Å². The van der Waals surface area contributed by atoms with Gasteiger partial charge in [-0.1, -0.05) is 17.7 Å². The fourth-order valence-electron chi connectivity index (χ4n) is 3.26. The highest BCUT2D eigenvalue weighted by Gasteiger charge is 2.50. The summed E-state index contributed by atoms with van der Waals surface area (Å²) in [6, 6.07) is 8.24. The zero-order valence-electron chi connectivity index (χ0n) is 13.6. The molecule has 2 unspecified atom stereocenters. The first-order chi connectivity index (χ1) is 11.2. The molecule has 0 spiro atoms. The van der Waals surface area contributed by atoms with Gasteiger partial charge in [-0.05, 0) is 45.0 Å². The number of rotatable bonds is 2. The summed E-state index contributed by atoms with van der Waals surface area (Å²) in [4.78, 5) is 0.0827. The summed E-state index contributed by atoms with van der Waals surface area (Å²) in [5, 5.41) is 0. The van der Waals surface area contributed by atoms with Crippen LogP contribution in [0.1, 0.15) is 31.4 Å². The zero-order chi connectivity index (χ0) is 17.7. The lowest BCUT2D eigenvalue weighted by molar-refractivity contribution is 0.156. The first-order valence-electron chi connectivity index (χ1n) is 7.63. The minimum absolute atomic E-state index is 0.0383. The zero-order valence-corrected chi connectivity index (χ0v) is 14.5. The van der Waals surface area contributed by atoms with Crippen LogP contribution in [0.4, 0.5) is 8.78 Å². The Morgan fingerprint density at radius 3 is 2.29 bits per heavy atom. The molecule has 3 rings (SSSR count). The molecule has 1 aliphatic rings. The number of hydrogen-bond acceptors (Lipinski definition) is 3. The van der Waals surface area contributed by atoms with Crippen molar-refractivity contribution < 1.29 is 21.9 Å². The van der Waals surface area contributed by atoms with Crippen molar-refractivity contribution in [3.8, 4) is 5.75 Å². The van der Waals surface area contributed by atoms with Gasteiger partial charge in [0.15, 0.2) is 21.4 Å². The van der Waals surface area contributed by atoms with Crippen LogP contribution in [-0.2, 0) is 14.6 Å². The van der Waals surface area contributed by atoms with Crippen LogP contribution in [0.25, 0.3) is 0 Å². The molecule has 0 N–H and O–H groups in total. The summed E-state index contributed by atoms with van der Waals surface area (Å²) in [5.74, 6) is -1.85. The maximum Gasteiger partial charge on any atom is 0.188 e. The third-order valence-corrected chi connectivity index (χ3v) is 6.96. The van der Waals surface area contributed by atoms with E-state index in [0.717, 1.165) is 17.7 Å². The maximum absolute atomic E-state index is 14.5. The van der Waals surface area contributed by atoms with Gasteiger partial charge in [0.25, 0.3) is 0 Å². The van der Waals surface area contributed by atoms with Crippen molar-refractivity contribution in [2.75, 3.05) is 0 Å². The Morgan fingerprint density at radius 1 is 1.08 bits per heavy atom. The van der Waals surface area contributed by atoms with Crippen LogP contribution in [-0.4, -0.2) is 14.5 Å². The molecule has 2 atom stereocenters. The van der Waals surface area contributed by atoms with Crippen LogP contribution in [0.15, 0.2) is 41.3 Å². The Balaban J connectivity index is 2.28. The van der Waals surface area contributed by atoms with Crippen LogP contribution in [0.5, 0.6) is 5.75 Å². The quantitative estimate of drug-likeness (QED) is 0.816. The molecule has 0 radical (unpaired) electrons. The number of fused-ring (bicyclic) bond motifs is 1. The second-order valence-corrected chi connectivity index (χ2v) is 8.79. The average molecular weight is 352 g/mol. The van der Waals surface area contributed by atoms with Gasteiger partial charge in [-0.15, -0.1) is 0 Å². The molecule has 0 aromatic heterocycles. The van der Waals surface area contributed by atoms with Gasteiger partial charge in [-0.25, -0.2) is 17.2 Å². The van der Waals surface area contributed by atoms with E-state index in [2.05, 4.69) is 0 Å². The minimum atomic E-state index is -3.95. The van der Waals surface area contributed by atoms with Crippen LogP contribution in [0.3, 0.4) is 0 Å². The van der Waals surface area contributed by atoms with E-state index in [9.17, 15) is 17.2 Å². The van der Waals surface area contributed by atoms with Crippen molar-refractivity contribution in [3.63, 3.8) is 0 Å². The third-order valence-electron chi connectivity index (χ3n) is 4.51. The smallest absolute Gasteiger partial charge is 0.188 e. The third kappa shape index (κ3) is 2.40. The van der Waals surface area contributed by atoms with Crippen LogP contribution < -0.4 is 4.74 Å². The number of aryl methyl sites for hydroxylation is 1. The molecule has 2 aromatic rings. The van der Waals surface area contributed by atoms with E-state index in [1.807, 2.05) is 6.92 Å². The summed E-state index contributed by atoms with van der Waals surface area (Å²) >= 11 is 0. The van der Waals surface area contributed by atoms with E-state index in [-0.39, 0.29) is 22.6 Å². The number of ether oxygens (including phenoxy) is 1. The van der Waals surface area contributed by atoms with Crippen molar-refractivity contribution in [1.29, 1.82) is 0 Å². The summed E-state index contributed by atoms with van der Waals surface area (Å²) < 4.78 is 58.9. The van der Waals surface area contributed by atoms with E-state index >= 15 is 0 Å². The van der Waals surface area contributed by atoms with E-state index in [0.29, 0.717) is 0 Å². The Morgan fingerprint density at radius 2 is 1.67 bits per heavy atom. The van der Waals surface area contributed by atoms with E-state index in [1.165, 1.54) is 19.1 Å². The molecule has 0 aliphatic carbocycles. The van der Waals surface area contributed by atoms with Gasteiger partial charge in [0.1, 0.15) is 10.6 Å². The maximum atomic E-state index is 14.5. The second kappa shape index (κ2) is 5.55. The topological polar surface area (TPSA) is 43.4 Å². The predicted octanol–water partition coefficient (Wildman–Crippen LogP) is 4.13. The van der Waals surface area contributed by atoms with E-state index in [1.54, 1.807) is 19.1 Å². The van der Waals surface area contributed by atoms with Gasteiger partial charge in [0, 0.05) is 6.42 Å². The average Bonchev–Trinajstić information content (AvgIpc) is 2.51. The van der Waals surface area contributed by atoms with Gasteiger partial charge in [0.05, 0.1) is 16.6 Å². The number of benzene rings is 2. The first kappa shape index (κ1) is 16.9. The fourth-order valence-corrected chi connectivity index (χ4v) is 5.18. The summed E-state index contributed by atoms with van der Waals surface area (Å²) in [5.41, 5.74) is 0.679. The van der Waals surface area contributed by atoms with Crippen molar-refractivity contribution >= 4 is 9.84 Å². The highest BCUT2D eigenvalue weighted by molar-refractivity contribution is 7.92. The second-order valence-electron chi connectivity index (χ2n) is 6.41. The van der Waals surface area contributed by atoms with Gasteiger partial charge < -0.3 is 4.74 Å². The molecule has 128 valence electrons. The minimum Gasteiger partial charge on any atom is -0.487 e. The molecule has 0 saturated carbocycles. The SMILES string of the molecule is Cc1ccc(S(=O)(=O)C2(C)CC(C)Oc3c(F)ccc(F)c32)cc1. The molecule has 0 amide bonds. The summed E-state index contributed by atoms with van der Waals surface area (Å²) in [7, 11) is -3.95. The van der Waals surface area contributed by atoms with Crippen LogP contribution in [0.2, 0.25) is 0 Å². The predicted molar refractivity (Wildman–Crippen MR) is 86.8 cm³/mol. The van der Waals surface area contributed by atoms with Crippen molar-refractivity contribution in [3.05, 3.63) is 59.2 Å². The standard InChI is InChI=1S/C18H18F2O3S/c1-11-4-6-13(7-5-11)24(21,22)18(3)10-12(2)23-17-15(20)9-8-14(19)16(17)18/h4-9,12H,10H2,1-3H3. The van der Waals surface area contributed by atoms with E-state index < -0.39 is 32.3 Å². The number of sulfone groups is 1. The van der Waals surface area contributed by atoms with Crippen molar-refractivity contribution in [2.45, 2.75) is 42.9 Å². The summed E-state index contributed by atoms with van der Waals surface area (Å²) in [6.07, 6.45) is -0.518. The lowest BCUT2D eigenvalue weighted by atomic mass is 9.90. The molecular weight excluding hydrogens is 334 g/mol. The molecular formula is C18H18F2O3S. The monoisotopic (exact) mass is 352 g/mol. The molecule has 0 saturated heterocycles. The number of halogens is 2. The van der Waals surface area contributed by atoms with Gasteiger partial charge in [0.2, 0.25) is 0 Å². The molecule has 1 heterocycles. The van der Waals surface area contributed by atoms with Gasteiger partial charge in [-0.3, -0.25) is 0 Å². The Bertz CT molecular complexity index is 891. The lowest BCUT2D eigenvalue weighted by Gasteiger charge is -2.38. The number of hydrogen-bond donors (Lipinski definition) is 0. The molecule has 0 bridgehead atoms. The first-order valence-corrected chi connectivity index (χ1v) is 9.11. The van der Waals surface area contributed by atoms with Gasteiger partial charge >= 0.3 is 0 Å². The summed E-state index contributed by atoms with van der Waals surface area (Å²) in [6.45, 7) is 4.93.